The first-order chi connectivity index (χ1) is 7.74. The Bertz CT molecular complexity index is 202. The Balaban J connectivity index is 4.27. The molecule has 0 N–H and O–H groups in total. The second-order valence-electron chi connectivity index (χ2n) is 3.29. The van der Waals surface area contributed by atoms with E-state index >= 15 is 0 Å². The SMILES string of the molecule is CCO[Si](CCCN=C=O)(COC)OCC. The number of rotatable bonds is 10. The summed E-state index contributed by atoms with van der Waals surface area (Å²) in [6, 6.07) is 0.785. The summed E-state index contributed by atoms with van der Waals surface area (Å²) in [5, 5.41) is 0. The number of aliphatic imine (C=N–C) groups is 1. The van der Waals surface area contributed by atoms with Gasteiger partial charge in [0, 0.05) is 20.3 Å². The molecule has 6 heteroatoms. The third-order valence-corrected chi connectivity index (χ3v) is 5.54. The van der Waals surface area contributed by atoms with Gasteiger partial charge >= 0.3 is 8.56 Å². The van der Waals surface area contributed by atoms with E-state index in [9.17, 15) is 4.79 Å². The van der Waals surface area contributed by atoms with Crippen molar-refractivity contribution < 1.29 is 18.4 Å². The van der Waals surface area contributed by atoms with E-state index in [1.165, 1.54) is 6.08 Å². The lowest BCUT2D eigenvalue weighted by Gasteiger charge is -2.29. The van der Waals surface area contributed by atoms with Gasteiger partial charge in [0.1, 0.15) is 0 Å². The number of methoxy groups -OCH3 is 1. The van der Waals surface area contributed by atoms with Gasteiger partial charge in [0.2, 0.25) is 6.08 Å². The number of hydrogen-bond acceptors (Lipinski definition) is 5. The summed E-state index contributed by atoms with van der Waals surface area (Å²) in [6.45, 7) is 5.60. The normalized spacial score (nSPS) is 11.2. The van der Waals surface area contributed by atoms with Gasteiger partial charge in [-0.1, -0.05) is 0 Å². The molecule has 0 aliphatic heterocycles. The summed E-state index contributed by atoms with van der Waals surface area (Å²) in [5.41, 5.74) is 0. The maximum absolute atomic E-state index is 9.94. The molecular formula is C10H21NO4Si. The molecule has 16 heavy (non-hydrogen) atoms. The number of nitrogens with zero attached hydrogens (tertiary/aromatic N) is 1. The van der Waals surface area contributed by atoms with Gasteiger partial charge in [0.15, 0.2) is 0 Å². The lowest BCUT2D eigenvalue weighted by Crippen LogP contribution is -2.47. The highest BCUT2D eigenvalue weighted by Crippen LogP contribution is 2.16. The molecule has 0 aromatic rings. The summed E-state index contributed by atoms with van der Waals surface area (Å²) in [5.74, 6) is 0. The van der Waals surface area contributed by atoms with E-state index in [2.05, 4.69) is 4.99 Å². The van der Waals surface area contributed by atoms with Crippen molar-refractivity contribution >= 4 is 14.6 Å². The van der Waals surface area contributed by atoms with Gasteiger partial charge in [-0.2, -0.15) is 0 Å². The van der Waals surface area contributed by atoms with E-state index < -0.39 is 8.56 Å². The van der Waals surface area contributed by atoms with Crippen molar-refractivity contribution in [2.24, 2.45) is 4.99 Å². The van der Waals surface area contributed by atoms with Crippen LogP contribution in [0.3, 0.4) is 0 Å². The van der Waals surface area contributed by atoms with Gasteiger partial charge in [0.25, 0.3) is 0 Å². The Morgan fingerprint density at radius 3 is 2.31 bits per heavy atom. The Morgan fingerprint density at radius 2 is 1.88 bits per heavy atom. The maximum Gasteiger partial charge on any atom is 0.364 e. The minimum absolute atomic E-state index is 0.474. The second-order valence-corrected chi connectivity index (χ2v) is 6.47. The van der Waals surface area contributed by atoms with E-state index in [1.807, 2.05) is 13.8 Å². The van der Waals surface area contributed by atoms with Crippen LogP contribution in [0.25, 0.3) is 0 Å². The summed E-state index contributed by atoms with van der Waals surface area (Å²) < 4.78 is 16.7. The third-order valence-electron chi connectivity index (χ3n) is 2.07. The van der Waals surface area contributed by atoms with Crippen molar-refractivity contribution in [2.75, 3.05) is 33.1 Å². The van der Waals surface area contributed by atoms with Crippen LogP contribution in [0, 0.1) is 0 Å². The predicted octanol–water partition coefficient (Wildman–Crippen LogP) is 1.41. The molecule has 0 saturated heterocycles. The van der Waals surface area contributed by atoms with Crippen LogP contribution < -0.4 is 0 Å². The molecule has 94 valence electrons. The molecule has 0 aromatic heterocycles. The molecule has 5 nitrogen and oxygen atoms in total. The van der Waals surface area contributed by atoms with Crippen molar-refractivity contribution in [1.82, 2.24) is 0 Å². The largest absolute Gasteiger partial charge is 0.393 e. The summed E-state index contributed by atoms with van der Waals surface area (Å²) in [6.07, 6.45) is 2.81. The van der Waals surface area contributed by atoms with Crippen LogP contribution in [0.5, 0.6) is 0 Å². The zero-order valence-electron chi connectivity index (χ0n) is 10.3. The molecule has 0 rings (SSSR count). The minimum Gasteiger partial charge on any atom is -0.393 e. The zero-order valence-corrected chi connectivity index (χ0v) is 11.3. The first-order valence-electron chi connectivity index (χ1n) is 5.55. The van der Waals surface area contributed by atoms with Gasteiger partial charge in [-0.05, 0) is 26.3 Å². The molecule has 0 aliphatic carbocycles. The average molecular weight is 247 g/mol. The fourth-order valence-corrected chi connectivity index (χ4v) is 4.43. The first-order valence-corrected chi connectivity index (χ1v) is 7.78. The molecule has 0 fully saturated rings. The van der Waals surface area contributed by atoms with Crippen molar-refractivity contribution in [3.8, 4) is 0 Å². The van der Waals surface area contributed by atoms with Gasteiger partial charge in [-0.3, -0.25) is 0 Å². The summed E-state index contributed by atoms with van der Waals surface area (Å²) in [4.78, 5) is 13.5. The Morgan fingerprint density at radius 1 is 1.25 bits per heavy atom. The lowest BCUT2D eigenvalue weighted by atomic mass is 10.5. The van der Waals surface area contributed by atoms with E-state index in [4.69, 9.17) is 13.6 Å². The van der Waals surface area contributed by atoms with Crippen molar-refractivity contribution in [3.63, 3.8) is 0 Å². The van der Waals surface area contributed by atoms with Gasteiger partial charge in [-0.15, -0.1) is 0 Å². The molecule has 0 unspecified atom stereocenters. The summed E-state index contributed by atoms with van der Waals surface area (Å²) in [7, 11) is -0.615. The van der Waals surface area contributed by atoms with Gasteiger partial charge < -0.3 is 13.6 Å². The smallest absolute Gasteiger partial charge is 0.364 e. The van der Waals surface area contributed by atoms with Crippen LogP contribution in [0.1, 0.15) is 20.3 Å². The topological polar surface area (TPSA) is 57.1 Å². The van der Waals surface area contributed by atoms with Crippen LogP contribution >= 0.6 is 0 Å². The van der Waals surface area contributed by atoms with Crippen molar-refractivity contribution in [2.45, 2.75) is 26.3 Å². The number of isocyanates is 1. The van der Waals surface area contributed by atoms with Crippen LogP contribution in [0.4, 0.5) is 0 Å². The highest BCUT2D eigenvalue weighted by Gasteiger charge is 2.36. The highest BCUT2D eigenvalue weighted by molar-refractivity contribution is 6.67. The van der Waals surface area contributed by atoms with Crippen LogP contribution in [-0.2, 0) is 18.4 Å². The van der Waals surface area contributed by atoms with E-state index in [-0.39, 0.29) is 0 Å². The molecule has 0 heterocycles. The molecule has 0 aliphatic rings. The third kappa shape index (κ3) is 6.15. The molecule has 0 radical (unpaired) electrons. The van der Waals surface area contributed by atoms with Crippen molar-refractivity contribution in [3.05, 3.63) is 0 Å². The van der Waals surface area contributed by atoms with E-state index in [1.54, 1.807) is 7.11 Å². The van der Waals surface area contributed by atoms with Gasteiger partial charge in [-0.25, -0.2) is 9.79 Å². The average Bonchev–Trinajstić information content (AvgIpc) is 2.26. The standard InChI is InChI=1S/C10H21NO4Si/c1-4-14-16(10-13-3,15-5-2)8-6-7-11-9-12/h4-8,10H2,1-3H3. The van der Waals surface area contributed by atoms with E-state index in [0.29, 0.717) is 26.0 Å². The van der Waals surface area contributed by atoms with Gasteiger partial charge in [0.05, 0.1) is 12.8 Å². The van der Waals surface area contributed by atoms with Crippen LogP contribution in [0.2, 0.25) is 6.04 Å². The number of carbonyl (C=O) groups excluding carboxylic acids is 1. The van der Waals surface area contributed by atoms with E-state index in [0.717, 1.165) is 12.5 Å². The first kappa shape index (κ1) is 15.5. The minimum atomic E-state index is -2.26. The Hall–Kier alpha value is -0.523. The van der Waals surface area contributed by atoms with Crippen LogP contribution in [-0.4, -0.2) is 47.7 Å². The Labute approximate surface area is 98.0 Å². The number of ether oxygens (including phenoxy) is 1. The maximum atomic E-state index is 9.94. The molecule has 0 atom stereocenters. The molecule has 0 spiro atoms. The van der Waals surface area contributed by atoms with Crippen molar-refractivity contribution in [1.29, 1.82) is 0 Å². The number of hydrogen-bond donors (Lipinski definition) is 0. The second kappa shape index (κ2) is 9.69. The lowest BCUT2D eigenvalue weighted by molar-refractivity contribution is 0.131. The Kier molecular flexibility index (Phi) is 9.37. The molecule has 0 bridgehead atoms. The fraction of sp³-hybridized carbons (Fsp3) is 0.900. The predicted molar refractivity (Wildman–Crippen MR) is 63.3 cm³/mol. The zero-order chi connectivity index (χ0) is 12.3. The fourth-order valence-electron chi connectivity index (χ4n) is 1.56. The molecule has 0 saturated carbocycles. The van der Waals surface area contributed by atoms with Crippen LogP contribution in [0.15, 0.2) is 4.99 Å². The summed E-state index contributed by atoms with van der Waals surface area (Å²) >= 11 is 0. The monoisotopic (exact) mass is 247 g/mol. The highest BCUT2D eigenvalue weighted by atomic mass is 28.4. The quantitative estimate of drug-likeness (QED) is 0.253. The molecular weight excluding hydrogens is 226 g/mol. The molecule has 0 amide bonds. The molecule has 0 aromatic carbocycles.